The van der Waals surface area contributed by atoms with Gasteiger partial charge in [-0.25, -0.2) is 14.4 Å². The molecule has 16 nitrogen and oxygen atoms in total. The third-order valence-electron chi connectivity index (χ3n) is 6.05. The SMILES string of the molecule is CC(C)C(NC(=O)OC(C)(C)C)C(=O)N[C@@H](CCCNC(N)=O)C(=O)Nc1ccc(COC(=O)Oc2ccc([N+](=O)[O-])cc2)cc1. The number of nitro groups is 1. The average molecular weight is 645 g/mol. The van der Waals surface area contributed by atoms with Crippen LogP contribution in [0.25, 0.3) is 0 Å². The third kappa shape index (κ3) is 13.5. The fraction of sp³-hybridized carbons (Fsp3) is 0.433. The molecule has 0 aliphatic rings. The Balaban J connectivity index is 2.01. The molecular formula is C30H40N6O10. The summed E-state index contributed by atoms with van der Waals surface area (Å²) in [7, 11) is 0. The number of primary amides is 1. The molecule has 0 saturated heterocycles. The number of benzene rings is 2. The van der Waals surface area contributed by atoms with Crippen molar-refractivity contribution < 1.29 is 43.1 Å². The van der Waals surface area contributed by atoms with Crippen molar-refractivity contribution in [3.63, 3.8) is 0 Å². The molecule has 2 aromatic carbocycles. The van der Waals surface area contributed by atoms with Gasteiger partial charge in [0.1, 0.15) is 30.0 Å². The summed E-state index contributed by atoms with van der Waals surface area (Å²) in [4.78, 5) is 72.0. The summed E-state index contributed by atoms with van der Waals surface area (Å²) >= 11 is 0. The van der Waals surface area contributed by atoms with Crippen LogP contribution in [0.15, 0.2) is 48.5 Å². The van der Waals surface area contributed by atoms with Crippen LogP contribution in [0.3, 0.4) is 0 Å². The number of nitro benzene ring substituents is 1. The Bertz CT molecular complexity index is 1370. The Morgan fingerprint density at radius 2 is 1.57 bits per heavy atom. The van der Waals surface area contributed by atoms with Gasteiger partial charge in [0.05, 0.1) is 4.92 Å². The summed E-state index contributed by atoms with van der Waals surface area (Å²) in [5, 5.41) is 21.1. The van der Waals surface area contributed by atoms with E-state index in [9.17, 15) is 34.1 Å². The van der Waals surface area contributed by atoms with Gasteiger partial charge in [0.15, 0.2) is 0 Å². The van der Waals surface area contributed by atoms with Gasteiger partial charge in [0.25, 0.3) is 5.69 Å². The van der Waals surface area contributed by atoms with Crippen molar-refractivity contribution in [1.29, 1.82) is 0 Å². The van der Waals surface area contributed by atoms with Gasteiger partial charge in [-0.05, 0) is 69.4 Å². The van der Waals surface area contributed by atoms with Crippen LogP contribution in [0.2, 0.25) is 0 Å². The van der Waals surface area contributed by atoms with E-state index >= 15 is 0 Å². The van der Waals surface area contributed by atoms with Crippen molar-refractivity contribution in [3.8, 4) is 5.75 Å². The first-order valence-corrected chi connectivity index (χ1v) is 14.4. The number of nitrogens with one attached hydrogen (secondary N) is 4. The Hall–Kier alpha value is -5.41. The highest BCUT2D eigenvalue weighted by atomic mass is 16.7. The second-order valence-electron chi connectivity index (χ2n) is 11.4. The second kappa shape index (κ2) is 17.2. The Labute approximate surface area is 265 Å². The molecule has 6 N–H and O–H groups in total. The fourth-order valence-electron chi connectivity index (χ4n) is 3.84. The quantitative estimate of drug-likeness (QED) is 0.0657. The largest absolute Gasteiger partial charge is 0.514 e. The van der Waals surface area contributed by atoms with Crippen LogP contribution < -0.4 is 31.7 Å². The van der Waals surface area contributed by atoms with Crippen LogP contribution >= 0.6 is 0 Å². The molecule has 2 atom stereocenters. The number of nitrogens with two attached hydrogens (primary N) is 1. The number of ether oxygens (including phenoxy) is 3. The molecule has 1 unspecified atom stereocenters. The summed E-state index contributed by atoms with van der Waals surface area (Å²) in [6.45, 7) is 8.54. The van der Waals surface area contributed by atoms with Gasteiger partial charge in [-0.3, -0.25) is 19.7 Å². The molecule has 0 bridgehead atoms. The van der Waals surface area contributed by atoms with Crippen LogP contribution in [0.4, 0.5) is 25.8 Å². The lowest BCUT2D eigenvalue weighted by Crippen LogP contribution is -2.55. The maximum absolute atomic E-state index is 13.2. The molecule has 0 aliphatic heterocycles. The molecule has 0 aliphatic carbocycles. The van der Waals surface area contributed by atoms with E-state index in [2.05, 4.69) is 21.3 Å². The van der Waals surface area contributed by atoms with Crippen LogP contribution in [0.5, 0.6) is 5.75 Å². The minimum atomic E-state index is -1.04. The van der Waals surface area contributed by atoms with E-state index in [1.54, 1.807) is 58.9 Å². The maximum atomic E-state index is 13.2. The number of urea groups is 1. The highest BCUT2D eigenvalue weighted by Crippen LogP contribution is 2.18. The minimum absolute atomic E-state index is 0.0704. The van der Waals surface area contributed by atoms with Gasteiger partial charge < -0.3 is 41.2 Å². The Morgan fingerprint density at radius 1 is 0.935 bits per heavy atom. The molecule has 5 amide bonds. The van der Waals surface area contributed by atoms with E-state index in [1.807, 2.05) is 0 Å². The van der Waals surface area contributed by atoms with E-state index in [0.29, 0.717) is 17.7 Å². The predicted molar refractivity (Wildman–Crippen MR) is 166 cm³/mol. The highest BCUT2D eigenvalue weighted by molar-refractivity contribution is 5.98. The first-order valence-electron chi connectivity index (χ1n) is 14.4. The van der Waals surface area contributed by atoms with E-state index in [0.717, 1.165) is 0 Å². The third-order valence-corrected chi connectivity index (χ3v) is 6.05. The number of carbonyl (C=O) groups excluding carboxylic acids is 5. The molecule has 0 radical (unpaired) electrons. The monoisotopic (exact) mass is 644 g/mol. The normalized spacial score (nSPS) is 12.2. The minimum Gasteiger partial charge on any atom is -0.444 e. The number of nitrogens with zero attached hydrogens (tertiary/aromatic N) is 1. The summed E-state index contributed by atoms with van der Waals surface area (Å²) in [5.74, 6) is -1.42. The highest BCUT2D eigenvalue weighted by Gasteiger charge is 2.30. The topological polar surface area (TPSA) is 230 Å². The Kier molecular flexibility index (Phi) is 13.7. The number of anilines is 1. The molecule has 0 fully saturated rings. The Morgan fingerprint density at radius 3 is 2.11 bits per heavy atom. The number of carbonyl (C=O) groups is 5. The fourth-order valence-corrected chi connectivity index (χ4v) is 3.84. The van der Waals surface area contributed by atoms with Crippen molar-refractivity contribution in [3.05, 3.63) is 64.2 Å². The zero-order valence-corrected chi connectivity index (χ0v) is 26.3. The number of non-ortho nitro benzene ring substituents is 1. The molecule has 0 heterocycles. The number of alkyl carbamates (subject to hydrolysis) is 1. The van der Waals surface area contributed by atoms with Crippen molar-refractivity contribution in [1.82, 2.24) is 16.0 Å². The first-order chi connectivity index (χ1) is 21.5. The molecule has 2 aromatic rings. The lowest BCUT2D eigenvalue weighted by molar-refractivity contribution is -0.384. The summed E-state index contributed by atoms with van der Waals surface area (Å²) < 4.78 is 15.3. The van der Waals surface area contributed by atoms with Crippen molar-refractivity contribution in [2.24, 2.45) is 11.7 Å². The molecule has 250 valence electrons. The standard InChI is InChI=1S/C30H40N6O10/c1-18(2)24(35-28(40)46-30(3,4)5)26(38)34-23(7-6-16-32-27(31)39)25(37)33-20-10-8-19(9-11-20)17-44-29(41)45-22-14-12-21(13-15-22)36(42)43/h8-15,18,23-24H,6-7,16-17H2,1-5H3,(H,33,37)(H,34,38)(H,35,40)(H3,31,32,39)/t23-,24?/m0/s1. The molecule has 0 saturated carbocycles. The molecular weight excluding hydrogens is 604 g/mol. The van der Waals surface area contributed by atoms with Crippen LogP contribution in [0, 0.1) is 16.0 Å². The van der Waals surface area contributed by atoms with Gasteiger partial charge >= 0.3 is 18.3 Å². The van der Waals surface area contributed by atoms with Gasteiger partial charge in [-0.2, -0.15) is 0 Å². The molecule has 0 spiro atoms. The molecule has 2 rings (SSSR count). The first kappa shape index (κ1) is 36.8. The number of amides is 5. The number of hydrogen-bond donors (Lipinski definition) is 5. The number of hydrogen-bond acceptors (Lipinski definition) is 10. The number of rotatable bonds is 14. The lowest BCUT2D eigenvalue weighted by atomic mass is 10.0. The molecule has 16 heteroatoms. The van der Waals surface area contributed by atoms with Gasteiger partial charge in [-0.1, -0.05) is 26.0 Å². The average Bonchev–Trinajstić information content (AvgIpc) is 2.96. The second-order valence-corrected chi connectivity index (χ2v) is 11.4. The van der Waals surface area contributed by atoms with Gasteiger partial charge in [-0.15, -0.1) is 0 Å². The summed E-state index contributed by atoms with van der Waals surface area (Å²) in [6.07, 6.45) is -1.36. The predicted octanol–water partition coefficient (Wildman–Crippen LogP) is 3.73. The molecule has 0 aromatic heterocycles. The van der Waals surface area contributed by atoms with E-state index in [-0.39, 0.29) is 36.9 Å². The van der Waals surface area contributed by atoms with Crippen molar-refractivity contribution in [2.75, 3.05) is 11.9 Å². The van der Waals surface area contributed by atoms with Gasteiger partial charge in [0, 0.05) is 24.4 Å². The lowest BCUT2D eigenvalue weighted by Gasteiger charge is -2.27. The van der Waals surface area contributed by atoms with E-state index < -0.39 is 52.7 Å². The smallest absolute Gasteiger partial charge is 0.444 e. The van der Waals surface area contributed by atoms with Crippen molar-refractivity contribution in [2.45, 2.75) is 71.8 Å². The zero-order chi connectivity index (χ0) is 34.4. The summed E-state index contributed by atoms with van der Waals surface area (Å²) in [6, 6.07) is 8.46. The van der Waals surface area contributed by atoms with E-state index in [1.165, 1.54) is 24.3 Å². The maximum Gasteiger partial charge on any atom is 0.514 e. The zero-order valence-electron chi connectivity index (χ0n) is 26.3. The van der Waals surface area contributed by atoms with E-state index in [4.69, 9.17) is 19.9 Å². The van der Waals surface area contributed by atoms with Crippen molar-refractivity contribution >= 4 is 41.5 Å². The van der Waals surface area contributed by atoms with Crippen LogP contribution in [0.1, 0.15) is 53.0 Å². The van der Waals surface area contributed by atoms with Crippen LogP contribution in [-0.4, -0.2) is 59.2 Å². The van der Waals surface area contributed by atoms with Gasteiger partial charge in [0.2, 0.25) is 11.8 Å². The van der Waals surface area contributed by atoms with Crippen LogP contribution in [-0.2, 0) is 25.7 Å². The molecule has 46 heavy (non-hydrogen) atoms. The summed E-state index contributed by atoms with van der Waals surface area (Å²) in [5.41, 5.74) is 5.11.